The maximum Gasteiger partial charge on any atom is 0.422 e. The number of hydrogen-bond donors (Lipinski definition) is 2. The number of aromatic nitrogens is 2. The van der Waals surface area contributed by atoms with E-state index in [2.05, 4.69) is 14.7 Å². The van der Waals surface area contributed by atoms with E-state index in [1.807, 2.05) is 0 Å². The minimum absolute atomic E-state index is 0.00996. The van der Waals surface area contributed by atoms with Crippen LogP contribution < -0.4 is 18.9 Å². The Morgan fingerprint density at radius 1 is 1.10 bits per heavy atom. The largest absolute Gasteiger partial charge is 0.491 e. The van der Waals surface area contributed by atoms with Crippen molar-refractivity contribution in [2.24, 2.45) is 0 Å². The maximum atomic E-state index is 13.0. The molecule has 0 saturated heterocycles. The van der Waals surface area contributed by atoms with Crippen molar-refractivity contribution in [2.75, 3.05) is 26.9 Å². The third-order valence-corrected chi connectivity index (χ3v) is 6.26. The topological polar surface area (TPSA) is 138 Å². The Kier molecular flexibility index (Phi) is 10.9. The third-order valence-electron chi connectivity index (χ3n) is 4.97. The number of pyridine rings is 2. The minimum Gasteiger partial charge on any atom is -0.491 e. The Balaban J connectivity index is 1.67. The van der Waals surface area contributed by atoms with Crippen LogP contribution in [0, 0.1) is 0 Å². The smallest absolute Gasteiger partial charge is 0.422 e. The fourth-order valence-corrected chi connectivity index (χ4v) is 3.97. The summed E-state index contributed by atoms with van der Waals surface area (Å²) in [5.74, 6) is -0.0742. The third kappa shape index (κ3) is 9.82. The van der Waals surface area contributed by atoms with Crippen molar-refractivity contribution < 1.29 is 45.3 Å². The first-order chi connectivity index (χ1) is 19.0. The molecule has 40 heavy (non-hydrogen) atoms. The molecular weight excluding hydrogens is 581 g/mol. The highest BCUT2D eigenvalue weighted by molar-refractivity contribution is 7.88. The Labute approximate surface area is 232 Å². The van der Waals surface area contributed by atoms with E-state index in [-0.39, 0.29) is 37.0 Å². The van der Waals surface area contributed by atoms with Gasteiger partial charge in [0.15, 0.2) is 0 Å². The predicted octanol–water partition coefficient (Wildman–Crippen LogP) is 4.27. The number of carbonyl (C=O) groups excluding carboxylic acids is 1. The lowest BCUT2D eigenvalue weighted by Crippen LogP contribution is -2.41. The fraction of sp³-hybridized carbons (Fsp3) is 0.292. The molecule has 216 valence electrons. The second kappa shape index (κ2) is 14.1. The summed E-state index contributed by atoms with van der Waals surface area (Å²) in [6, 6.07) is 8.43. The van der Waals surface area contributed by atoms with Crippen molar-refractivity contribution in [1.29, 1.82) is 0 Å². The van der Waals surface area contributed by atoms with E-state index >= 15 is 0 Å². The van der Waals surface area contributed by atoms with Crippen molar-refractivity contribution in [3.05, 3.63) is 76.7 Å². The van der Waals surface area contributed by atoms with Gasteiger partial charge in [0, 0.05) is 43.9 Å². The number of halogens is 4. The van der Waals surface area contributed by atoms with Crippen molar-refractivity contribution in [3.63, 3.8) is 0 Å². The van der Waals surface area contributed by atoms with E-state index in [0.29, 0.717) is 24.4 Å². The molecule has 0 fully saturated rings. The van der Waals surface area contributed by atoms with Crippen LogP contribution in [0.3, 0.4) is 0 Å². The van der Waals surface area contributed by atoms with E-state index < -0.39 is 39.7 Å². The summed E-state index contributed by atoms with van der Waals surface area (Å²) in [5.41, 5.74) is -0.0301. The predicted molar refractivity (Wildman–Crippen MR) is 136 cm³/mol. The number of methoxy groups -OCH3 is 1. The van der Waals surface area contributed by atoms with Gasteiger partial charge in [-0.25, -0.2) is 14.5 Å². The number of nitrogens with zero attached hydrogens (tertiary/aromatic N) is 2. The number of carbonyl (C=O) groups is 1. The molecule has 3 aromatic rings. The van der Waals surface area contributed by atoms with Gasteiger partial charge in [0.2, 0.25) is 5.88 Å². The zero-order valence-electron chi connectivity index (χ0n) is 20.9. The van der Waals surface area contributed by atoms with Gasteiger partial charge in [-0.05, 0) is 42.3 Å². The van der Waals surface area contributed by atoms with Crippen molar-refractivity contribution in [2.45, 2.75) is 19.2 Å². The number of hydrogen-bond acceptors (Lipinski definition) is 9. The van der Waals surface area contributed by atoms with E-state index in [0.717, 1.165) is 5.56 Å². The number of benzene rings is 1. The zero-order valence-corrected chi connectivity index (χ0v) is 22.5. The molecule has 0 atom stereocenters. The molecular formula is C24H24ClF3N4O7S. The van der Waals surface area contributed by atoms with Gasteiger partial charge in [0.1, 0.15) is 29.7 Å². The second-order valence-corrected chi connectivity index (χ2v) is 9.81. The number of amides is 1. The van der Waals surface area contributed by atoms with Crippen LogP contribution in [0.5, 0.6) is 17.4 Å². The first kappa shape index (κ1) is 30.9. The Morgan fingerprint density at radius 2 is 1.85 bits per heavy atom. The molecule has 2 N–H and O–H groups in total. The summed E-state index contributed by atoms with van der Waals surface area (Å²) in [6.07, 6.45) is -1.90. The Morgan fingerprint density at radius 3 is 2.52 bits per heavy atom. The Hall–Kier alpha value is -3.66. The molecule has 0 bridgehead atoms. The zero-order chi connectivity index (χ0) is 29.2. The van der Waals surface area contributed by atoms with Crippen LogP contribution in [-0.4, -0.2) is 51.3 Å². The highest BCUT2D eigenvalue weighted by atomic mass is 35.5. The van der Waals surface area contributed by atoms with Crippen molar-refractivity contribution in [3.8, 4) is 17.4 Å². The highest BCUT2D eigenvalue weighted by Gasteiger charge is 2.32. The highest BCUT2D eigenvalue weighted by Crippen LogP contribution is 2.36. The number of alkyl halides is 3. The van der Waals surface area contributed by atoms with Gasteiger partial charge in [-0.1, -0.05) is 11.6 Å². The molecule has 0 spiro atoms. The minimum atomic E-state index is -4.66. The molecule has 0 saturated carbocycles. The van der Waals surface area contributed by atoms with Crippen LogP contribution in [0.15, 0.2) is 55.0 Å². The fourth-order valence-electron chi connectivity index (χ4n) is 3.04. The van der Waals surface area contributed by atoms with Gasteiger partial charge in [-0.3, -0.25) is 4.98 Å². The summed E-state index contributed by atoms with van der Waals surface area (Å²) >= 11 is 5.95. The normalized spacial score (nSPS) is 11.6. The molecule has 1 amide bonds. The van der Waals surface area contributed by atoms with Crippen LogP contribution in [0.4, 0.5) is 18.0 Å². The molecule has 0 aliphatic rings. The quantitative estimate of drug-likeness (QED) is 0.274. The first-order valence-electron chi connectivity index (χ1n) is 11.4. The van der Waals surface area contributed by atoms with Crippen molar-refractivity contribution in [1.82, 2.24) is 19.4 Å². The van der Waals surface area contributed by atoms with Crippen LogP contribution >= 0.6 is 11.6 Å². The lowest BCUT2D eigenvalue weighted by molar-refractivity contribution is -0.137. The lowest BCUT2D eigenvalue weighted by Gasteiger charge is -2.15. The molecule has 11 nitrogen and oxygen atoms in total. The van der Waals surface area contributed by atoms with Crippen LogP contribution in [0.2, 0.25) is 5.02 Å². The first-order valence-corrected chi connectivity index (χ1v) is 13.3. The van der Waals surface area contributed by atoms with E-state index in [1.54, 1.807) is 29.2 Å². The average molecular weight is 605 g/mol. The van der Waals surface area contributed by atoms with Crippen molar-refractivity contribution >= 4 is 27.9 Å². The second-order valence-electron chi connectivity index (χ2n) is 7.90. The standard InChI is InChI=1S/C24H24ClF3N4O7S/c1-36-10-11-37-19-3-2-17(21(13-19)39-22-20(25)12-18(14-30-22)24(26,27)28)15-38-23(33)32-40(34,35)31-9-6-16-4-7-29-8-5-16/h2-5,7-8,12-14,31H,6,9-11,15H2,1H3,(H,32,33). The molecule has 1 aromatic carbocycles. The summed E-state index contributed by atoms with van der Waals surface area (Å²) in [6.45, 7) is -0.0155. The number of ether oxygens (including phenoxy) is 4. The van der Waals surface area contributed by atoms with Gasteiger partial charge in [-0.2, -0.15) is 26.3 Å². The summed E-state index contributed by atoms with van der Waals surface area (Å²) in [4.78, 5) is 19.7. The molecule has 2 aromatic heterocycles. The summed E-state index contributed by atoms with van der Waals surface area (Å²) in [7, 11) is -2.74. The van der Waals surface area contributed by atoms with Gasteiger partial charge < -0.3 is 18.9 Å². The monoisotopic (exact) mass is 604 g/mol. The summed E-state index contributed by atoms with van der Waals surface area (Å²) in [5, 5.41) is -0.422. The van der Waals surface area contributed by atoms with Gasteiger partial charge >= 0.3 is 22.5 Å². The summed E-state index contributed by atoms with van der Waals surface area (Å²) < 4.78 is 88.2. The Bertz CT molecular complexity index is 1400. The van der Waals surface area contributed by atoms with Crippen LogP contribution in [0.1, 0.15) is 16.7 Å². The van der Waals surface area contributed by atoms with Gasteiger partial charge in [-0.15, -0.1) is 0 Å². The molecule has 0 radical (unpaired) electrons. The van der Waals surface area contributed by atoms with E-state index in [9.17, 15) is 26.4 Å². The SMILES string of the molecule is COCCOc1ccc(COC(=O)NS(=O)(=O)NCCc2ccncc2)c(Oc2ncc(C(F)(F)F)cc2Cl)c1. The lowest BCUT2D eigenvalue weighted by atomic mass is 10.2. The average Bonchev–Trinajstić information content (AvgIpc) is 2.89. The van der Waals surface area contributed by atoms with Crippen LogP contribution in [-0.2, 0) is 38.9 Å². The molecule has 2 heterocycles. The molecule has 0 aliphatic carbocycles. The van der Waals surface area contributed by atoms with Crippen LogP contribution in [0.25, 0.3) is 0 Å². The van der Waals surface area contributed by atoms with E-state index in [4.69, 9.17) is 30.5 Å². The van der Waals surface area contributed by atoms with Gasteiger partial charge in [0.05, 0.1) is 12.2 Å². The molecule has 0 unspecified atom stereocenters. The van der Waals surface area contributed by atoms with Gasteiger partial charge in [0.25, 0.3) is 0 Å². The molecule has 0 aliphatic heterocycles. The van der Waals surface area contributed by atoms with E-state index in [1.165, 1.54) is 25.3 Å². The molecule has 3 rings (SSSR count). The molecule has 16 heteroatoms. The number of nitrogens with one attached hydrogen (secondary N) is 2. The maximum absolute atomic E-state index is 13.0. The number of rotatable bonds is 13.